The molecule has 0 aromatic carbocycles. The lowest BCUT2D eigenvalue weighted by Crippen LogP contribution is -2.37. The first-order chi connectivity index (χ1) is 19.5. The minimum atomic E-state index is -0.245. The van der Waals surface area contributed by atoms with Gasteiger partial charge in [-0.2, -0.15) is 0 Å². The van der Waals surface area contributed by atoms with E-state index in [0.29, 0.717) is 32.4 Å². The van der Waals surface area contributed by atoms with Crippen LogP contribution in [-0.4, -0.2) is 36.5 Å². The molecule has 2 N–H and O–H groups in total. The zero-order valence-corrected chi connectivity index (χ0v) is 28.9. The van der Waals surface area contributed by atoms with Gasteiger partial charge in [0.25, 0.3) is 0 Å². The van der Waals surface area contributed by atoms with Crippen molar-refractivity contribution in [2.24, 2.45) is 45.3 Å². The summed E-state index contributed by atoms with van der Waals surface area (Å²) in [7, 11) is 0. The van der Waals surface area contributed by atoms with E-state index >= 15 is 0 Å². The molecule has 0 aromatic heterocycles. The number of amides is 2. The third kappa shape index (κ3) is 10.7. The Morgan fingerprint density at radius 1 is 0.651 bits per heavy atom. The molecule has 2 aliphatic carbocycles. The molecule has 6 nitrogen and oxygen atoms in total. The molecule has 2 aliphatic rings. The Hall–Kier alpha value is -2.76. The summed E-state index contributed by atoms with van der Waals surface area (Å²) in [6, 6.07) is 0. The number of ketones is 2. The number of Topliss-reactive ketones (excluding diaryl/α,β-unsaturated/α-hetero) is 2. The summed E-state index contributed by atoms with van der Waals surface area (Å²) in [4.78, 5) is 51.3. The standard InChI is InChI=1S/C37H58N2O4/c1-34(2,3)26-20-24(21-27(32(26)42)35(4,5)6)14-16-30(40)38-18-13-19-39-31(41)17-15-25-22-28(36(7,8)9)33(43)29(23-25)37(10,11)12/h14-17,20,22,24-25,27,29H,13,18-19,21,23H2,1-12H3,(H,38,40)(H,39,41). The van der Waals surface area contributed by atoms with E-state index in [1.165, 1.54) is 0 Å². The smallest absolute Gasteiger partial charge is 0.243 e. The van der Waals surface area contributed by atoms with Crippen molar-refractivity contribution >= 4 is 23.4 Å². The van der Waals surface area contributed by atoms with Crippen molar-refractivity contribution in [1.82, 2.24) is 10.6 Å². The van der Waals surface area contributed by atoms with Crippen molar-refractivity contribution in [3.8, 4) is 0 Å². The highest BCUT2D eigenvalue weighted by Gasteiger charge is 2.41. The Balaban J connectivity index is 1.87. The van der Waals surface area contributed by atoms with Crippen molar-refractivity contribution in [1.29, 1.82) is 0 Å². The van der Waals surface area contributed by atoms with Gasteiger partial charge in [0, 0.05) is 24.9 Å². The molecule has 0 fully saturated rings. The summed E-state index contributed by atoms with van der Waals surface area (Å²) in [5, 5.41) is 5.78. The monoisotopic (exact) mass is 594 g/mol. The summed E-state index contributed by atoms with van der Waals surface area (Å²) in [5.41, 5.74) is 0.903. The second-order valence-electron chi connectivity index (χ2n) is 16.7. The molecule has 43 heavy (non-hydrogen) atoms. The number of carbonyl (C=O) groups excluding carboxylic acids is 4. The van der Waals surface area contributed by atoms with Gasteiger partial charge in [0.15, 0.2) is 11.6 Å². The fourth-order valence-electron chi connectivity index (χ4n) is 5.91. The molecule has 6 heteroatoms. The average Bonchev–Trinajstić information content (AvgIpc) is 2.84. The summed E-state index contributed by atoms with van der Waals surface area (Å²) in [6.07, 6.45) is 13.0. The molecule has 240 valence electrons. The van der Waals surface area contributed by atoms with Crippen LogP contribution in [0.15, 0.2) is 47.6 Å². The van der Waals surface area contributed by atoms with Gasteiger partial charge in [0.05, 0.1) is 0 Å². The summed E-state index contributed by atoms with van der Waals surface area (Å²) in [6.45, 7) is 25.9. The maximum Gasteiger partial charge on any atom is 0.243 e. The van der Waals surface area contributed by atoms with Crippen LogP contribution in [-0.2, 0) is 19.2 Å². The van der Waals surface area contributed by atoms with E-state index in [0.717, 1.165) is 11.1 Å². The number of hydrogen-bond donors (Lipinski definition) is 2. The minimum Gasteiger partial charge on any atom is -0.352 e. The average molecular weight is 595 g/mol. The second kappa shape index (κ2) is 13.9. The van der Waals surface area contributed by atoms with Crippen molar-refractivity contribution in [3.63, 3.8) is 0 Å². The molecule has 0 bridgehead atoms. The van der Waals surface area contributed by atoms with Gasteiger partial charge in [-0.15, -0.1) is 0 Å². The van der Waals surface area contributed by atoms with Gasteiger partial charge in [-0.1, -0.05) is 107 Å². The van der Waals surface area contributed by atoms with E-state index in [-0.39, 0.29) is 68.7 Å². The van der Waals surface area contributed by atoms with E-state index < -0.39 is 0 Å². The fraction of sp³-hybridized carbons (Fsp3) is 0.676. The quantitative estimate of drug-likeness (QED) is 0.230. The second-order valence-corrected chi connectivity index (χ2v) is 16.7. The van der Waals surface area contributed by atoms with E-state index in [1.54, 1.807) is 12.2 Å². The van der Waals surface area contributed by atoms with E-state index in [9.17, 15) is 19.2 Å². The van der Waals surface area contributed by atoms with Crippen LogP contribution in [0.3, 0.4) is 0 Å². The number of hydrogen-bond acceptors (Lipinski definition) is 4. The molecule has 0 radical (unpaired) electrons. The zero-order chi connectivity index (χ0) is 33.0. The predicted molar refractivity (Wildman–Crippen MR) is 176 cm³/mol. The molecule has 0 aromatic rings. The molecule has 0 spiro atoms. The zero-order valence-electron chi connectivity index (χ0n) is 28.9. The predicted octanol–water partition coefficient (Wildman–Crippen LogP) is 7.17. The molecule has 0 saturated heterocycles. The maximum absolute atomic E-state index is 13.2. The van der Waals surface area contributed by atoms with Gasteiger partial charge in [-0.3, -0.25) is 19.2 Å². The van der Waals surface area contributed by atoms with Crippen LogP contribution in [0.25, 0.3) is 0 Å². The van der Waals surface area contributed by atoms with E-state index in [2.05, 4.69) is 93.7 Å². The Bertz CT molecular complexity index is 1080. The summed E-state index contributed by atoms with van der Waals surface area (Å²) < 4.78 is 0. The van der Waals surface area contributed by atoms with Crippen molar-refractivity contribution in [3.05, 3.63) is 47.6 Å². The Labute approximate surface area is 261 Å². The topological polar surface area (TPSA) is 92.3 Å². The number of allylic oxidation sites excluding steroid dienone is 6. The fourth-order valence-corrected chi connectivity index (χ4v) is 5.91. The minimum absolute atomic E-state index is 0.0308. The molecule has 2 amide bonds. The Morgan fingerprint density at radius 2 is 0.977 bits per heavy atom. The van der Waals surface area contributed by atoms with E-state index in [4.69, 9.17) is 0 Å². The van der Waals surface area contributed by atoms with Gasteiger partial charge in [-0.25, -0.2) is 0 Å². The third-order valence-corrected chi connectivity index (χ3v) is 8.59. The van der Waals surface area contributed by atoms with Gasteiger partial charge >= 0.3 is 0 Å². The normalized spacial score (nSPS) is 24.3. The molecule has 0 saturated carbocycles. The number of carbonyl (C=O) groups is 4. The van der Waals surface area contributed by atoms with Crippen LogP contribution in [0.2, 0.25) is 0 Å². The van der Waals surface area contributed by atoms with Gasteiger partial charge in [0.2, 0.25) is 11.8 Å². The summed E-state index contributed by atoms with van der Waals surface area (Å²) in [5.74, 6) is -0.0179. The highest BCUT2D eigenvalue weighted by molar-refractivity contribution is 6.00. The molecular weight excluding hydrogens is 536 g/mol. The van der Waals surface area contributed by atoms with Crippen LogP contribution in [0.4, 0.5) is 0 Å². The first-order valence-electron chi connectivity index (χ1n) is 16.0. The van der Waals surface area contributed by atoms with Crippen LogP contribution < -0.4 is 10.6 Å². The molecule has 0 heterocycles. The molecule has 4 unspecified atom stereocenters. The first-order valence-corrected chi connectivity index (χ1v) is 16.0. The van der Waals surface area contributed by atoms with Crippen LogP contribution >= 0.6 is 0 Å². The Morgan fingerprint density at radius 3 is 1.26 bits per heavy atom. The largest absolute Gasteiger partial charge is 0.352 e. The Kier molecular flexibility index (Phi) is 11.8. The molecular formula is C37H58N2O4. The van der Waals surface area contributed by atoms with Crippen LogP contribution in [0.5, 0.6) is 0 Å². The van der Waals surface area contributed by atoms with Gasteiger partial charge in [0.1, 0.15) is 0 Å². The summed E-state index contributed by atoms with van der Waals surface area (Å²) >= 11 is 0. The number of rotatable bonds is 8. The van der Waals surface area contributed by atoms with Crippen molar-refractivity contribution in [2.45, 2.75) is 102 Å². The van der Waals surface area contributed by atoms with Crippen molar-refractivity contribution < 1.29 is 19.2 Å². The third-order valence-electron chi connectivity index (χ3n) is 8.59. The van der Waals surface area contributed by atoms with Crippen LogP contribution in [0, 0.1) is 45.3 Å². The van der Waals surface area contributed by atoms with Crippen molar-refractivity contribution in [2.75, 3.05) is 13.1 Å². The number of nitrogens with one attached hydrogen (secondary N) is 2. The SMILES string of the molecule is CC(C)(C)C1=CC(C=CC(=O)NCCCNC(=O)C=CC2C=C(C(C)(C)C)C(=O)C(C(C)(C)C)C2)CC(C(C)(C)C)C1=O. The van der Waals surface area contributed by atoms with Gasteiger partial charge < -0.3 is 10.6 Å². The molecule has 2 rings (SSSR count). The lowest BCUT2D eigenvalue weighted by molar-refractivity contribution is -0.125. The van der Waals surface area contributed by atoms with Crippen LogP contribution in [0.1, 0.15) is 102 Å². The lowest BCUT2D eigenvalue weighted by Gasteiger charge is -2.38. The highest BCUT2D eigenvalue weighted by atomic mass is 16.2. The molecule has 4 atom stereocenters. The van der Waals surface area contributed by atoms with E-state index in [1.807, 2.05) is 24.3 Å². The molecule has 0 aliphatic heterocycles. The maximum atomic E-state index is 13.2. The lowest BCUT2D eigenvalue weighted by atomic mass is 9.65. The van der Waals surface area contributed by atoms with Gasteiger partial charge in [-0.05, 0) is 76.1 Å². The highest BCUT2D eigenvalue weighted by Crippen LogP contribution is 2.44. The first kappa shape index (κ1) is 36.4.